The molecular weight excluding hydrogens is 292 g/mol. The highest BCUT2D eigenvalue weighted by Gasteiger charge is 2.24. The maximum absolute atomic E-state index is 11.8. The minimum absolute atomic E-state index is 0.192. The molecule has 2 N–H and O–H groups in total. The standard InChI is InChI=1S/C18H28N2O3/c1-18(2,3)23-17(21)19-15-9-11-16(12-10-15)20-22-13-14-7-5-4-6-8-14/h4-8,15-16,20H,9-13H2,1-3H3,(H,19,21). The van der Waals surface area contributed by atoms with Crippen LogP contribution in [-0.2, 0) is 16.2 Å². The Bertz CT molecular complexity index is 477. The highest BCUT2D eigenvalue weighted by atomic mass is 16.6. The Balaban J connectivity index is 1.61. The van der Waals surface area contributed by atoms with Crippen LogP contribution in [0.4, 0.5) is 4.79 Å². The molecule has 0 unspecified atom stereocenters. The van der Waals surface area contributed by atoms with Gasteiger partial charge in [-0.15, -0.1) is 0 Å². The van der Waals surface area contributed by atoms with Gasteiger partial charge in [0.1, 0.15) is 5.60 Å². The summed E-state index contributed by atoms with van der Waals surface area (Å²) in [5, 5.41) is 2.95. The quantitative estimate of drug-likeness (QED) is 0.815. The lowest BCUT2D eigenvalue weighted by Crippen LogP contribution is -2.43. The molecule has 1 aromatic carbocycles. The van der Waals surface area contributed by atoms with Gasteiger partial charge in [-0.1, -0.05) is 30.3 Å². The van der Waals surface area contributed by atoms with Gasteiger partial charge in [0.2, 0.25) is 0 Å². The van der Waals surface area contributed by atoms with Gasteiger partial charge in [-0.2, -0.15) is 5.48 Å². The van der Waals surface area contributed by atoms with Crippen molar-refractivity contribution in [2.45, 2.75) is 70.7 Å². The lowest BCUT2D eigenvalue weighted by atomic mass is 9.92. The first kappa shape index (κ1) is 17.8. The van der Waals surface area contributed by atoms with E-state index in [1.807, 2.05) is 51.1 Å². The minimum atomic E-state index is -0.450. The summed E-state index contributed by atoms with van der Waals surface area (Å²) in [6.45, 7) is 6.18. The summed E-state index contributed by atoms with van der Waals surface area (Å²) in [6.07, 6.45) is 3.51. The van der Waals surface area contributed by atoms with Crippen molar-refractivity contribution < 1.29 is 14.4 Å². The molecule has 0 spiro atoms. The van der Waals surface area contributed by atoms with Crippen LogP contribution in [0.1, 0.15) is 52.0 Å². The molecule has 1 aromatic rings. The monoisotopic (exact) mass is 320 g/mol. The second kappa shape index (κ2) is 8.31. The number of hydrogen-bond donors (Lipinski definition) is 2. The van der Waals surface area contributed by atoms with Crippen LogP contribution in [0.5, 0.6) is 0 Å². The molecular formula is C18H28N2O3. The van der Waals surface area contributed by atoms with E-state index in [0.29, 0.717) is 12.6 Å². The average Bonchev–Trinajstić information content (AvgIpc) is 2.48. The van der Waals surface area contributed by atoms with Gasteiger partial charge in [-0.05, 0) is 52.0 Å². The number of amides is 1. The number of ether oxygens (including phenoxy) is 1. The van der Waals surface area contributed by atoms with Gasteiger partial charge in [0.25, 0.3) is 0 Å². The van der Waals surface area contributed by atoms with Crippen molar-refractivity contribution in [1.82, 2.24) is 10.8 Å². The SMILES string of the molecule is CC(C)(C)OC(=O)NC1CCC(NOCc2ccccc2)CC1. The fourth-order valence-corrected chi connectivity index (χ4v) is 2.65. The molecule has 0 heterocycles. The summed E-state index contributed by atoms with van der Waals surface area (Å²) in [4.78, 5) is 17.3. The van der Waals surface area contributed by atoms with Gasteiger partial charge in [0.15, 0.2) is 0 Å². The Labute approximate surface area is 138 Å². The Kier molecular flexibility index (Phi) is 6.42. The van der Waals surface area contributed by atoms with E-state index in [-0.39, 0.29) is 12.1 Å². The number of hydroxylamine groups is 1. The molecule has 1 fully saturated rings. The van der Waals surface area contributed by atoms with Gasteiger partial charge >= 0.3 is 6.09 Å². The average molecular weight is 320 g/mol. The maximum atomic E-state index is 11.8. The topological polar surface area (TPSA) is 59.6 Å². The lowest BCUT2D eigenvalue weighted by molar-refractivity contribution is -0.00707. The van der Waals surface area contributed by atoms with Gasteiger partial charge in [0, 0.05) is 12.1 Å². The second-order valence-electron chi connectivity index (χ2n) is 7.09. The van der Waals surface area contributed by atoms with E-state index in [0.717, 1.165) is 31.2 Å². The third kappa shape index (κ3) is 7.01. The molecule has 1 aliphatic rings. The van der Waals surface area contributed by atoms with Crippen molar-refractivity contribution in [2.24, 2.45) is 0 Å². The van der Waals surface area contributed by atoms with Crippen molar-refractivity contribution >= 4 is 6.09 Å². The number of carbonyl (C=O) groups is 1. The normalized spacial score (nSPS) is 21.7. The first-order valence-electron chi connectivity index (χ1n) is 8.33. The van der Waals surface area contributed by atoms with E-state index in [2.05, 4.69) is 10.8 Å². The molecule has 2 rings (SSSR count). The molecule has 5 heteroatoms. The van der Waals surface area contributed by atoms with Gasteiger partial charge in [-0.25, -0.2) is 4.79 Å². The number of nitrogens with one attached hydrogen (secondary N) is 2. The molecule has 128 valence electrons. The minimum Gasteiger partial charge on any atom is -0.444 e. The molecule has 5 nitrogen and oxygen atoms in total. The van der Waals surface area contributed by atoms with Crippen LogP contribution in [-0.4, -0.2) is 23.8 Å². The maximum Gasteiger partial charge on any atom is 0.407 e. The fourth-order valence-electron chi connectivity index (χ4n) is 2.65. The van der Waals surface area contributed by atoms with E-state index >= 15 is 0 Å². The first-order valence-corrected chi connectivity index (χ1v) is 8.33. The molecule has 1 saturated carbocycles. The Morgan fingerprint density at radius 1 is 1.09 bits per heavy atom. The molecule has 23 heavy (non-hydrogen) atoms. The van der Waals surface area contributed by atoms with E-state index in [1.54, 1.807) is 0 Å². The number of rotatable bonds is 5. The summed E-state index contributed by atoms with van der Waals surface area (Å²) in [7, 11) is 0. The smallest absolute Gasteiger partial charge is 0.407 e. The van der Waals surface area contributed by atoms with E-state index < -0.39 is 5.60 Å². The van der Waals surface area contributed by atoms with E-state index in [1.165, 1.54) is 0 Å². The van der Waals surface area contributed by atoms with Crippen LogP contribution in [0.25, 0.3) is 0 Å². The zero-order valence-corrected chi connectivity index (χ0v) is 14.3. The molecule has 0 atom stereocenters. The Morgan fingerprint density at radius 2 is 1.70 bits per heavy atom. The zero-order valence-electron chi connectivity index (χ0n) is 14.3. The van der Waals surface area contributed by atoms with Crippen molar-refractivity contribution in [3.8, 4) is 0 Å². The molecule has 1 amide bonds. The summed E-state index contributed by atoms with van der Waals surface area (Å²) in [5.74, 6) is 0. The van der Waals surface area contributed by atoms with Crippen molar-refractivity contribution in [2.75, 3.05) is 0 Å². The zero-order chi connectivity index (χ0) is 16.7. The van der Waals surface area contributed by atoms with Crippen LogP contribution in [0.15, 0.2) is 30.3 Å². The third-order valence-electron chi connectivity index (χ3n) is 3.78. The highest BCUT2D eigenvalue weighted by Crippen LogP contribution is 2.19. The van der Waals surface area contributed by atoms with E-state index in [4.69, 9.17) is 9.57 Å². The van der Waals surface area contributed by atoms with Crippen LogP contribution < -0.4 is 10.8 Å². The molecule has 0 radical (unpaired) electrons. The number of carbonyl (C=O) groups excluding carboxylic acids is 1. The molecule has 0 bridgehead atoms. The molecule has 0 aliphatic heterocycles. The fraction of sp³-hybridized carbons (Fsp3) is 0.611. The molecule has 1 aliphatic carbocycles. The van der Waals surface area contributed by atoms with Crippen LogP contribution in [0.3, 0.4) is 0 Å². The summed E-state index contributed by atoms with van der Waals surface area (Å²) >= 11 is 0. The molecule has 0 saturated heterocycles. The number of hydrogen-bond acceptors (Lipinski definition) is 4. The third-order valence-corrected chi connectivity index (χ3v) is 3.78. The largest absolute Gasteiger partial charge is 0.444 e. The van der Waals surface area contributed by atoms with Crippen molar-refractivity contribution in [3.05, 3.63) is 35.9 Å². The predicted molar refractivity (Wildman–Crippen MR) is 89.8 cm³/mol. The van der Waals surface area contributed by atoms with Crippen LogP contribution in [0, 0.1) is 0 Å². The Morgan fingerprint density at radius 3 is 2.30 bits per heavy atom. The predicted octanol–water partition coefficient (Wildman–Crippen LogP) is 3.54. The van der Waals surface area contributed by atoms with Gasteiger partial charge in [-0.3, -0.25) is 4.84 Å². The number of benzene rings is 1. The van der Waals surface area contributed by atoms with Gasteiger partial charge < -0.3 is 10.1 Å². The molecule has 0 aromatic heterocycles. The first-order chi connectivity index (χ1) is 10.9. The summed E-state index contributed by atoms with van der Waals surface area (Å²) < 4.78 is 5.29. The highest BCUT2D eigenvalue weighted by molar-refractivity contribution is 5.68. The number of alkyl carbamates (subject to hydrolysis) is 1. The van der Waals surface area contributed by atoms with Crippen LogP contribution in [0.2, 0.25) is 0 Å². The van der Waals surface area contributed by atoms with E-state index in [9.17, 15) is 4.79 Å². The summed E-state index contributed by atoms with van der Waals surface area (Å²) in [5.41, 5.74) is 3.84. The second-order valence-corrected chi connectivity index (χ2v) is 7.09. The van der Waals surface area contributed by atoms with Crippen LogP contribution >= 0.6 is 0 Å². The summed E-state index contributed by atoms with van der Waals surface area (Å²) in [6, 6.07) is 10.6. The van der Waals surface area contributed by atoms with Crippen molar-refractivity contribution in [1.29, 1.82) is 0 Å². The van der Waals surface area contributed by atoms with Crippen molar-refractivity contribution in [3.63, 3.8) is 0 Å². The van der Waals surface area contributed by atoms with Gasteiger partial charge in [0.05, 0.1) is 6.61 Å². The Hall–Kier alpha value is -1.59. The lowest BCUT2D eigenvalue weighted by Gasteiger charge is -2.30.